The van der Waals surface area contributed by atoms with E-state index in [1.165, 1.54) is 23.5 Å². The lowest BCUT2D eigenvalue weighted by Crippen LogP contribution is -2.17. The van der Waals surface area contributed by atoms with Crippen LogP contribution in [0, 0.1) is 0 Å². The van der Waals surface area contributed by atoms with E-state index in [9.17, 15) is 9.90 Å². The lowest BCUT2D eigenvalue weighted by Gasteiger charge is -2.14. The van der Waals surface area contributed by atoms with Crippen molar-refractivity contribution in [3.05, 3.63) is 71.8 Å². The maximum absolute atomic E-state index is 11.9. The summed E-state index contributed by atoms with van der Waals surface area (Å²) >= 11 is 2.77. The van der Waals surface area contributed by atoms with Gasteiger partial charge in [-0.05, 0) is 24.0 Å². The smallest absolute Gasteiger partial charge is 0.342 e. The van der Waals surface area contributed by atoms with Crippen LogP contribution in [-0.2, 0) is 5.75 Å². The molecule has 2 aromatic carbocycles. The van der Waals surface area contributed by atoms with Crippen molar-refractivity contribution in [2.45, 2.75) is 15.9 Å². The minimum absolute atomic E-state index is 0.0865. The number of thioether (sulfide) groups is 2. The summed E-state index contributed by atoms with van der Waals surface area (Å²) in [6, 6.07) is 19.3. The fraction of sp³-hybridized carbons (Fsp3) is 0.190. The molecule has 0 unspecified atom stereocenters. The van der Waals surface area contributed by atoms with Crippen LogP contribution in [0.15, 0.2) is 70.8 Å². The van der Waals surface area contributed by atoms with Crippen LogP contribution in [-0.4, -0.2) is 40.5 Å². The summed E-state index contributed by atoms with van der Waals surface area (Å²) in [6.07, 6.45) is 1.86. The Balaban J connectivity index is 1.73. The number of nitrogens with one attached hydrogen (secondary N) is 1. The molecule has 29 heavy (non-hydrogen) atoms. The summed E-state index contributed by atoms with van der Waals surface area (Å²) < 4.78 is 5.66. The first kappa shape index (κ1) is 21.0. The van der Waals surface area contributed by atoms with Crippen LogP contribution < -0.4 is 10.1 Å². The van der Waals surface area contributed by atoms with E-state index in [0.29, 0.717) is 34.9 Å². The highest BCUT2D eigenvalue weighted by atomic mass is 32.2. The standard InChI is InChI=1S/C21H21N3O3S2/c1-28-21-23-18(22-12-13-27-16-10-6-3-7-11-16)17(20(25)26)19(24-21)29-14-15-8-4-2-5-9-15/h2-11H,12-14H2,1H3,(H,25,26)(H,22,23,24). The quantitative estimate of drug-likeness (QED) is 0.209. The number of hydrogen-bond acceptors (Lipinski definition) is 7. The molecule has 0 aliphatic heterocycles. The number of para-hydroxylation sites is 1. The zero-order chi connectivity index (χ0) is 20.5. The van der Waals surface area contributed by atoms with E-state index in [0.717, 1.165) is 11.3 Å². The number of anilines is 1. The molecular weight excluding hydrogens is 406 g/mol. The van der Waals surface area contributed by atoms with Crippen LogP contribution in [0.25, 0.3) is 0 Å². The molecule has 8 heteroatoms. The lowest BCUT2D eigenvalue weighted by atomic mass is 10.2. The Morgan fingerprint density at radius 2 is 1.76 bits per heavy atom. The van der Waals surface area contributed by atoms with Crippen molar-refractivity contribution < 1.29 is 14.6 Å². The van der Waals surface area contributed by atoms with Gasteiger partial charge < -0.3 is 15.2 Å². The summed E-state index contributed by atoms with van der Waals surface area (Å²) in [4.78, 5) is 20.7. The minimum Gasteiger partial charge on any atom is -0.492 e. The Hall–Kier alpha value is -2.71. The van der Waals surface area contributed by atoms with Crippen LogP contribution in [0.3, 0.4) is 0 Å². The molecule has 0 spiro atoms. The van der Waals surface area contributed by atoms with E-state index in [1.807, 2.05) is 66.9 Å². The highest BCUT2D eigenvalue weighted by Gasteiger charge is 2.21. The van der Waals surface area contributed by atoms with Crippen molar-refractivity contribution in [3.63, 3.8) is 0 Å². The van der Waals surface area contributed by atoms with Gasteiger partial charge in [-0.1, -0.05) is 60.3 Å². The van der Waals surface area contributed by atoms with Crippen LogP contribution in [0.2, 0.25) is 0 Å². The van der Waals surface area contributed by atoms with E-state index in [4.69, 9.17) is 4.74 Å². The topological polar surface area (TPSA) is 84.3 Å². The molecule has 0 fully saturated rings. The lowest BCUT2D eigenvalue weighted by molar-refractivity contribution is 0.0692. The highest BCUT2D eigenvalue weighted by Crippen LogP contribution is 2.30. The largest absolute Gasteiger partial charge is 0.492 e. The molecule has 3 aromatic rings. The van der Waals surface area contributed by atoms with Gasteiger partial charge in [0.2, 0.25) is 0 Å². The van der Waals surface area contributed by atoms with Crippen LogP contribution in [0.5, 0.6) is 5.75 Å². The maximum Gasteiger partial charge on any atom is 0.342 e. The van der Waals surface area contributed by atoms with Crippen molar-refractivity contribution in [1.82, 2.24) is 9.97 Å². The Kier molecular flexibility index (Phi) is 7.77. The molecule has 0 aliphatic carbocycles. The van der Waals surface area contributed by atoms with E-state index in [-0.39, 0.29) is 5.56 Å². The zero-order valence-corrected chi connectivity index (χ0v) is 17.5. The fourth-order valence-electron chi connectivity index (χ4n) is 2.52. The molecule has 1 heterocycles. The van der Waals surface area contributed by atoms with Gasteiger partial charge in [0.25, 0.3) is 0 Å². The second kappa shape index (κ2) is 10.7. The molecule has 0 radical (unpaired) electrons. The van der Waals surface area contributed by atoms with Gasteiger partial charge in [0, 0.05) is 5.75 Å². The van der Waals surface area contributed by atoms with Gasteiger partial charge in [-0.15, -0.1) is 11.8 Å². The van der Waals surface area contributed by atoms with E-state index in [2.05, 4.69) is 15.3 Å². The molecule has 3 rings (SSSR count). The van der Waals surface area contributed by atoms with Crippen molar-refractivity contribution in [3.8, 4) is 5.75 Å². The second-order valence-corrected chi connectivity index (χ2v) is 7.64. The van der Waals surface area contributed by atoms with Gasteiger partial charge >= 0.3 is 5.97 Å². The summed E-state index contributed by atoms with van der Waals surface area (Å²) in [5.74, 6) is 0.644. The number of carboxylic acids is 1. The van der Waals surface area contributed by atoms with Gasteiger partial charge in [0.15, 0.2) is 5.16 Å². The Bertz CT molecular complexity index is 941. The molecule has 0 saturated heterocycles. The fourth-order valence-corrected chi connectivity index (χ4v) is 3.92. The van der Waals surface area contributed by atoms with Crippen molar-refractivity contribution >= 4 is 35.3 Å². The first-order chi connectivity index (χ1) is 14.2. The average Bonchev–Trinajstić information content (AvgIpc) is 2.76. The van der Waals surface area contributed by atoms with Crippen LogP contribution in [0.4, 0.5) is 5.82 Å². The number of carbonyl (C=O) groups is 1. The van der Waals surface area contributed by atoms with Gasteiger partial charge in [0.1, 0.15) is 28.8 Å². The van der Waals surface area contributed by atoms with Gasteiger partial charge in [-0.2, -0.15) is 0 Å². The normalized spacial score (nSPS) is 10.5. The zero-order valence-electron chi connectivity index (χ0n) is 15.9. The molecule has 6 nitrogen and oxygen atoms in total. The molecule has 150 valence electrons. The predicted molar refractivity (Wildman–Crippen MR) is 117 cm³/mol. The Morgan fingerprint density at radius 1 is 1.07 bits per heavy atom. The molecule has 0 bridgehead atoms. The number of aromatic nitrogens is 2. The summed E-state index contributed by atoms with van der Waals surface area (Å²) in [5, 5.41) is 13.8. The molecule has 0 saturated carbocycles. The van der Waals surface area contributed by atoms with E-state index < -0.39 is 5.97 Å². The molecule has 0 atom stereocenters. The third-order valence-corrected chi connectivity index (χ3v) is 5.47. The Labute approximate surface area is 178 Å². The number of ether oxygens (including phenoxy) is 1. The van der Waals surface area contributed by atoms with E-state index >= 15 is 0 Å². The first-order valence-electron chi connectivity index (χ1n) is 8.95. The highest BCUT2D eigenvalue weighted by molar-refractivity contribution is 7.99. The van der Waals surface area contributed by atoms with E-state index in [1.54, 1.807) is 0 Å². The second-order valence-electron chi connectivity index (χ2n) is 5.91. The van der Waals surface area contributed by atoms with Crippen LogP contribution in [0.1, 0.15) is 15.9 Å². The number of benzene rings is 2. The minimum atomic E-state index is -1.06. The maximum atomic E-state index is 11.9. The van der Waals surface area contributed by atoms with Gasteiger partial charge in [-0.3, -0.25) is 0 Å². The van der Waals surface area contributed by atoms with Crippen LogP contribution >= 0.6 is 23.5 Å². The predicted octanol–water partition coefficient (Wildman–Crippen LogP) is 4.68. The molecule has 2 N–H and O–H groups in total. The average molecular weight is 428 g/mol. The number of rotatable bonds is 10. The van der Waals surface area contributed by atoms with Gasteiger partial charge in [-0.25, -0.2) is 14.8 Å². The number of carboxylic acid groups (broad SMARTS) is 1. The summed E-state index contributed by atoms with van der Waals surface area (Å²) in [6.45, 7) is 0.803. The third-order valence-electron chi connectivity index (χ3n) is 3.88. The molecular formula is C21H21N3O3S2. The monoisotopic (exact) mass is 427 g/mol. The Morgan fingerprint density at radius 3 is 2.41 bits per heavy atom. The number of aromatic carboxylic acids is 1. The summed E-state index contributed by atoms with van der Waals surface area (Å²) in [7, 11) is 0. The molecule has 0 aliphatic rings. The van der Waals surface area contributed by atoms with Crippen molar-refractivity contribution in [2.24, 2.45) is 0 Å². The summed E-state index contributed by atoms with van der Waals surface area (Å²) in [5.41, 5.74) is 1.19. The van der Waals surface area contributed by atoms with Gasteiger partial charge in [0.05, 0.1) is 6.54 Å². The molecule has 1 aromatic heterocycles. The SMILES string of the molecule is CSc1nc(NCCOc2ccccc2)c(C(=O)O)c(SCc2ccccc2)n1. The number of hydrogen-bond donors (Lipinski definition) is 2. The van der Waals surface area contributed by atoms with Crippen molar-refractivity contribution in [1.29, 1.82) is 0 Å². The van der Waals surface area contributed by atoms with Crippen molar-refractivity contribution in [2.75, 3.05) is 24.7 Å². The molecule has 0 amide bonds. The first-order valence-corrected chi connectivity index (χ1v) is 11.2. The number of nitrogens with zero attached hydrogens (tertiary/aromatic N) is 2. The third kappa shape index (κ3) is 6.13.